The van der Waals surface area contributed by atoms with Gasteiger partial charge >= 0.3 is 0 Å². The number of nitrogens with one attached hydrogen (secondary N) is 2. The quantitative estimate of drug-likeness (QED) is 0.765. The van der Waals surface area contributed by atoms with Crippen molar-refractivity contribution in [1.29, 1.82) is 0 Å². The molecule has 1 aromatic rings. The molecule has 0 aromatic heterocycles. The number of hydrogen-bond donors (Lipinski definition) is 3. The molecule has 1 aromatic carbocycles. The number of sulfonamides is 1. The van der Waals surface area contributed by atoms with Gasteiger partial charge in [-0.1, -0.05) is 11.6 Å². The first-order chi connectivity index (χ1) is 9.37. The van der Waals surface area contributed by atoms with Gasteiger partial charge in [-0.3, -0.25) is 0 Å². The molecular formula is C11H14ClN3O4S. The van der Waals surface area contributed by atoms with Gasteiger partial charge in [-0.25, -0.2) is 18.1 Å². The Bertz CT molecular complexity index is 660. The molecule has 0 radical (unpaired) electrons. The molecule has 7 nitrogen and oxygen atoms in total. The lowest BCUT2D eigenvalue weighted by molar-refractivity contribution is 0.274. The third kappa shape index (κ3) is 2.82. The van der Waals surface area contributed by atoms with Gasteiger partial charge in [0.2, 0.25) is 5.96 Å². The number of nitrogens with zero attached hydrogens (tertiary/aromatic N) is 1. The molecule has 0 saturated heterocycles. The van der Waals surface area contributed by atoms with Gasteiger partial charge in [0.25, 0.3) is 10.0 Å². The van der Waals surface area contributed by atoms with E-state index in [1.807, 2.05) is 0 Å². The van der Waals surface area contributed by atoms with Crippen LogP contribution in [0.25, 0.3) is 0 Å². The molecule has 0 unspecified atom stereocenters. The largest absolute Gasteiger partial charge is 0.495 e. The maximum absolute atomic E-state index is 12.1. The number of aliphatic imine (C=N–C) groups is 1. The Labute approximate surface area is 121 Å². The van der Waals surface area contributed by atoms with Crippen molar-refractivity contribution in [3.05, 3.63) is 17.2 Å². The SMILES string of the molecule is COc1cc2c(cc1Cl)NC(=N[C@@H](C)CO)NS2(=O)=O. The van der Waals surface area contributed by atoms with Gasteiger partial charge in [0.1, 0.15) is 10.6 Å². The number of ether oxygens (including phenoxy) is 1. The smallest absolute Gasteiger partial charge is 0.266 e. The maximum Gasteiger partial charge on any atom is 0.266 e. The fourth-order valence-corrected chi connectivity index (χ4v) is 3.04. The highest BCUT2D eigenvalue weighted by atomic mass is 35.5. The summed E-state index contributed by atoms with van der Waals surface area (Å²) in [6, 6.07) is 2.35. The first-order valence-electron chi connectivity index (χ1n) is 5.73. The highest BCUT2D eigenvalue weighted by Crippen LogP contribution is 2.35. The number of guanidine groups is 1. The molecule has 1 heterocycles. The van der Waals surface area contributed by atoms with Crippen LogP contribution in [0.4, 0.5) is 5.69 Å². The van der Waals surface area contributed by atoms with Gasteiger partial charge in [0.15, 0.2) is 0 Å². The minimum atomic E-state index is -3.76. The van der Waals surface area contributed by atoms with Crippen molar-refractivity contribution < 1.29 is 18.3 Å². The van der Waals surface area contributed by atoms with Crippen molar-refractivity contribution >= 4 is 33.3 Å². The third-order valence-electron chi connectivity index (χ3n) is 2.64. The summed E-state index contributed by atoms with van der Waals surface area (Å²) in [5.41, 5.74) is 0.304. The Morgan fingerprint density at radius 2 is 2.20 bits per heavy atom. The Kier molecular flexibility index (Phi) is 4.07. The molecule has 0 aliphatic carbocycles. The molecule has 1 aliphatic heterocycles. The van der Waals surface area contributed by atoms with Crippen LogP contribution < -0.4 is 14.8 Å². The van der Waals surface area contributed by atoms with Crippen molar-refractivity contribution in [3.63, 3.8) is 0 Å². The Morgan fingerprint density at radius 1 is 1.50 bits per heavy atom. The van der Waals surface area contributed by atoms with E-state index in [4.69, 9.17) is 21.4 Å². The fraction of sp³-hybridized carbons (Fsp3) is 0.364. The highest BCUT2D eigenvalue weighted by Gasteiger charge is 2.28. The minimum absolute atomic E-state index is 0.0225. The number of halogens is 1. The molecule has 1 atom stereocenters. The number of anilines is 1. The zero-order valence-corrected chi connectivity index (χ0v) is 12.4. The van der Waals surface area contributed by atoms with Crippen molar-refractivity contribution in [2.24, 2.45) is 4.99 Å². The molecule has 2 rings (SSSR count). The van der Waals surface area contributed by atoms with E-state index in [1.165, 1.54) is 19.2 Å². The normalized spacial score (nSPS) is 19.7. The van der Waals surface area contributed by atoms with Crippen LogP contribution in [-0.4, -0.2) is 39.2 Å². The molecule has 0 saturated carbocycles. The molecule has 0 spiro atoms. The summed E-state index contributed by atoms with van der Waals surface area (Å²) in [5, 5.41) is 12.1. The summed E-state index contributed by atoms with van der Waals surface area (Å²) in [6.45, 7) is 1.46. The number of aliphatic hydroxyl groups is 1. The van der Waals surface area contributed by atoms with Crippen LogP contribution in [-0.2, 0) is 10.0 Å². The van der Waals surface area contributed by atoms with Crippen LogP contribution in [0.1, 0.15) is 6.92 Å². The standard InChI is InChI=1S/C11H14ClN3O4S/c1-6(5-16)13-11-14-8-3-7(12)9(19-2)4-10(8)20(17,18)15-11/h3-4,6,16H,5H2,1-2H3,(H2,13,14,15)/t6-/m0/s1. The number of rotatable bonds is 3. The van der Waals surface area contributed by atoms with E-state index in [1.54, 1.807) is 6.92 Å². The van der Waals surface area contributed by atoms with Crippen molar-refractivity contribution in [2.45, 2.75) is 17.9 Å². The molecule has 0 bridgehead atoms. The number of methoxy groups -OCH3 is 1. The van der Waals surface area contributed by atoms with Crippen LogP contribution in [0, 0.1) is 0 Å². The average Bonchev–Trinajstić information content (AvgIpc) is 2.37. The molecule has 0 amide bonds. The van der Waals surface area contributed by atoms with Gasteiger partial charge in [-0.15, -0.1) is 0 Å². The molecule has 3 N–H and O–H groups in total. The van der Waals surface area contributed by atoms with Crippen molar-refractivity contribution in [3.8, 4) is 5.75 Å². The van der Waals surface area contributed by atoms with E-state index in [9.17, 15) is 8.42 Å². The number of aliphatic hydroxyl groups excluding tert-OH is 1. The molecule has 1 aliphatic rings. The third-order valence-corrected chi connectivity index (χ3v) is 4.32. The van der Waals surface area contributed by atoms with Gasteiger partial charge in [0, 0.05) is 6.07 Å². The second-order valence-electron chi connectivity index (χ2n) is 4.22. The second-order valence-corrected chi connectivity index (χ2v) is 6.28. The summed E-state index contributed by atoms with van der Waals surface area (Å²) in [4.78, 5) is 4.03. The average molecular weight is 320 g/mol. The van der Waals surface area contributed by atoms with E-state index in [-0.39, 0.29) is 28.2 Å². The molecular weight excluding hydrogens is 306 g/mol. The van der Waals surface area contributed by atoms with Crippen LogP contribution in [0.2, 0.25) is 5.02 Å². The predicted molar refractivity (Wildman–Crippen MR) is 75.9 cm³/mol. The van der Waals surface area contributed by atoms with E-state index in [0.29, 0.717) is 5.69 Å². The second kappa shape index (κ2) is 5.47. The predicted octanol–water partition coefficient (Wildman–Crippen LogP) is 0.789. The number of benzene rings is 1. The molecule has 20 heavy (non-hydrogen) atoms. The fourth-order valence-electron chi connectivity index (χ4n) is 1.67. The van der Waals surface area contributed by atoms with Gasteiger partial charge in [0.05, 0.1) is 30.5 Å². The Balaban J connectivity index is 2.50. The van der Waals surface area contributed by atoms with Crippen LogP contribution in [0.3, 0.4) is 0 Å². The summed E-state index contributed by atoms with van der Waals surface area (Å²) >= 11 is 5.98. The van der Waals surface area contributed by atoms with Crippen LogP contribution >= 0.6 is 11.6 Å². The van der Waals surface area contributed by atoms with E-state index >= 15 is 0 Å². The lowest BCUT2D eigenvalue weighted by Crippen LogP contribution is -2.41. The zero-order valence-electron chi connectivity index (χ0n) is 10.8. The monoisotopic (exact) mass is 319 g/mol. The van der Waals surface area contributed by atoms with Gasteiger partial charge in [-0.2, -0.15) is 0 Å². The van der Waals surface area contributed by atoms with E-state index in [0.717, 1.165) is 0 Å². The van der Waals surface area contributed by atoms with Crippen LogP contribution in [0.15, 0.2) is 22.0 Å². The van der Waals surface area contributed by atoms with Gasteiger partial charge < -0.3 is 15.2 Å². The maximum atomic E-state index is 12.1. The first-order valence-corrected chi connectivity index (χ1v) is 7.59. The topological polar surface area (TPSA) is 100 Å². The Hall–Kier alpha value is -1.51. The Morgan fingerprint density at radius 3 is 2.80 bits per heavy atom. The summed E-state index contributed by atoms with van der Waals surface area (Å²) in [7, 11) is -2.36. The minimum Gasteiger partial charge on any atom is -0.495 e. The summed E-state index contributed by atoms with van der Waals surface area (Å²) < 4.78 is 31.6. The summed E-state index contributed by atoms with van der Waals surface area (Å²) in [5.74, 6) is 0.307. The van der Waals surface area contributed by atoms with E-state index in [2.05, 4.69) is 15.0 Å². The number of hydrogen-bond acceptors (Lipinski definition) is 5. The summed E-state index contributed by atoms with van der Waals surface area (Å²) in [6.07, 6.45) is 0. The van der Waals surface area contributed by atoms with Crippen LogP contribution in [0.5, 0.6) is 5.75 Å². The highest BCUT2D eigenvalue weighted by molar-refractivity contribution is 7.90. The molecule has 9 heteroatoms. The lowest BCUT2D eigenvalue weighted by atomic mass is 10.3. The van der Waals surface area contributed by atoms with Crippen molar-refractivity contribution in [1.82, 2.24) is 4.72 Å². The first kappa shape index (κ1) is 14.9. The van der Waals surface area contributed by atoms with Gasteiger partial charge in [-0.05, 0) is 13.0 Å². The van der Waals surface area contributed by atoms with Crippen molar-refractivity contribution in [2.75, 3.05) is 19.0 Å². The number of fused-ring (bicyclic) bond motifs is 1. The van der Waals surface area contributed by atoms with E-state index < -0.39 is 16.1 Å². The lowest BCUT2D eigenvalue weighted by Gasteiger charge is -2.23. The zero-order chi connectivity index (χ0) is 14.9. The molecule has 110 valence electrons. The molecule has 0 fully saturated rings.